The van der Waals surface area contributed by atoms with E-state index in [0.29, 0.717) is 48.4 Å². The van der Waals surface area contributed by atoms with Gasteiger partial charge in [0.1, 0.15) is 16.5 Å². The van der Waals surface area contributed by atoms with E-state index in [1.54, 1.807) is 43.4 Å². The smallest absolute Gasteiger partial charge is 0.258 e. The number of hydrogen-bond donors (Lipinski definition) is 2. The zero-order valence-electron chi connectivity index (χ0n) is 18.1. The van der Waals surface area contributed by atoms with E-state index >= 15 is 0 Å². The van der Waals surface area contributed by atoms with Crippen LogP contribution < -0.4 is 5.32 Å². The van der Waals surface area contributed by atoms with Crippen molar-refractivity contribution in [3.8, 4) is 22.0 Å². The Morgan fingerprint density at radius 1 is 1.24 bits per heavy atom. The van der Waals surface area contributed by atoms with Crippen molar-refractivity contribution >= 4 is 23.2 Å². The molecule has 5 rings (SSSR count). The normalized spacial score (nSPS) is 18.2. The molecule has 1 aromatic carbocycles. The third-order valence-corrected chi connectivity index (χ3v) is 6.50. The Morgan fingerprint density at radius 2 is 2.12 bits per heavy atom. The molecular formula is C23H22N6O3S. The average Bonchev–Trinajstić information content (AvgIpc) is 3.55. The van der Waals surface area contributed by atoms with Gasteiger partial charge in [-0.25, -0.2) is 19.9 Å². The number of aliphatic hydroxyl groups is 1. The molecule has 0 bridgehead atoms. The number of likely N-dealkylation sites (N-methyl/N-ethyl adjacent to an activating group) is 1. The van der Waals surface area contributed by atoms with Crippen molar-refractivity contribution in [1.82, 2.24) is 24.8 Å². The predicted molar refractivity (Wildman–Crippen MR) is 123 cm³/mol. The Hall–Kier alpha value is -3.63. The number of amides is 1. The summed E-state index contributed by atoms with van der Waals surface area (Å²) in [6.45, 7) is 2.75. The highest BCUT2D eigenvalue weighted by Gasteiger charge is 2.45. The fourth-order valence-corrected chi connectivity index (χ4v) is 4.61. The van der Waals surface area contributed by atoms with Crippen molar-refractivity contribution in [2.75, 3.05) is 18.9 Å². The average molecular weight is 463 g/mol. The summed E-state index contributed by atoms with van der Waals surface area (Å²) in [5.41, 5.74) is 1.35. The Bertz CT molecular complexity index is 1320. The first-order valence-electron chi connectivity index (χ1n) is 10.5. The zero-order chi connectivity index (χ0) is 23.0. The Balaban J connectivity index is 1.36. The molecule has 1 saturated heterocycles. The highest BCUT2D eigenvalue weighted by atomic mass is 32.1. The van der Waals surface area contributed by atoms with Gasteiger partial charge >= 0.3 is 0 Å². The SMILES string of the molecule is Cc1ncc(CNc2nccc(-c3csc(-c4cccc([C@]5(O)CCN(C)C5=O)c4)n3)n2)o1. The molecule has 1 aliphatic rings. The highest BCUT2D eigenvalue weighted by molar-refractivity contribution is 7.13. The molecule has 0 saturated carbocycles. The molecule has 1 amide bonds. The van der Waals surface area contributed by atoms with E-state index in [9.17, 15) is 9.90 Å². The lowest BCUT2D eigenvalue weighted by Gasteiger charge is -2.21. The van der Waals surface area contributed by atoms with Gasteiger partial charge in [-0.2, -0.15) is 0 Å². The fraction of sp³-hybridized carbons (Fsp3) is 0.261. The molecule has 0 radical (unpaired) electrons. The van der Waals surface area contributed by atoms with Gasteiger partial charge in [0.05, 0.1) is 18.4 Å². The van der Waals surface area contributed by atoms with Crippen molar-refractivity contribution in [1.29, 1.82) is 0 Å². The second-order valence-electron chi connectivity index (χ2n) is 7.92. The molecule has 168 valence electrons. The molecule has 2 N–H and O–H groups in total. The molecule has 4 heterocycles. The van der Waals surface area contributed by atoms with Crippen LogP contribution in [0.3, 0.4) is 0 Å². The van der Waals surface area contributed by atoms with Gasteiger partial charge in [0.2, 0.25) is 5.95 Å². The monoisotopic (exact) mass is 462 g/mol. The number of thiazole rings is 1. The minimum atomic E-state index is -1.49. The molecule has 1 aliphatic heterocycles. The van der Waals surface area contributed by atoms with Crippen LogP contribution in [0.15, 0.2) is 52.5 Å². The van der Waals surface area contributed by atoms with Gasteiger partial charge in [-0.1, -0.05) is 18.2 Å². The number of carbonyl (C=O) groups is 1. The third-order valence-electron chi connectivity index (χ3n) is 5.61. The van der Waals surface area contributed by atoms with E-state index in [4.69, 9.17) is 9.40 Å². The zero-order valence-corrected chi connectivity index (χ0v) is 19.0. The van der Waals surface area contributed by atoms with Crippen molar-refractivity contribution in [3.05, 3.63) is 65.3 Å². The summed E-state index contributed by atoms with van der Waals surface area (Å²) >= 11 is 1.48. The number of likely N-dealkylation sites (tertiary alicyclic amines) is 1. The molecular weight excluding hydrogens is 440 g/mol. The van der Waals surface area contributed by atoms with E-state index in [1.807, 2.05) is 23.6 Å². The lowest BCUT2D eigenvalue weighted by molar-refractivity contribution is -0.143. The molecule has 1 fully saturated rings. The van der Waals surface area contributed by atoms with Gasteiger partial charge in [-0.3, -0.25) is 4.79 Å². The standard InChI is InChI=1S/C23H22N6O3S/c1-14-25-11-17(32-14)12-26-22-24-8-6-18(28-22)19-13-33-20(27-19)15-4-3-5-16(10-15)23(31)7-9-29(2)21(23)30/h3-6,8,10-11,13,31H,7,9,12H2,1-2H3,(H,24,26,28)/t23-/m1/s1. The summed E-state index contributed by atoms with van der Waals surface area (Å²) in [6, 6.07) is 9.19. The summed E-state index contributed by atoms with van der Waals surface area (Å²) in [7, 11) is 1.70. The van der Waals surface area contributed by atoms with E-state index < -0.39 is 5.60 Å². The van der Waals surface area contributed by atoms with Gasteiger partial charge in [0, 0.05) is 44.1 Å². The van der Waals surface area contributed by atoms with Crippen LogP contribution in [-0.2, 0) is 16.9 Å². The summed E-state index contributed by atoms with van der Waals surface area (Å²) in [6.07, 6.45) is 3.72. The first-order chi connectivity index (χ1) is 15.9. The largest absolute Gasteiger partial charge is 0.444 e. The topological polar surface area (TPSA) is 117 Å². The molecule has 3 aromatic heterocycles. The van der Waals surface area contributed by atoms with Crippen molar-refractivity contribution < 1.29 is 14.3 Å². The number of aromatic nitrogens is 4. The number of nitrogens with zero attached hydrogens (tertiary/aromatic N) is 5. The molecule has 0 spiro atoms. The maximum Gasteiger partial charge on any atom is 0.258 e. The minimum Gasteiger partial charge on any atom is -0.444 e. The van der Waals surface area contributed by atoms with E-state index in [1.165, 1.54) is 11.3 Å². The van der Waals surface area contributed by atoms with Gasteiger partial charge in [0.15, 0.2) is 11.5 Å². The van der Waals surface area contributed by atoms with Crippen molar-refractivity contribution in [3.63, 3.8) is 0 Å². The molecule has 0 aliphatic carbocycles. The molecule has 1 atom stereocenters. The number of nitrogens with one attached hydrogen (secondary N) is 1. The number of anilines is 1. The Kier molecular flexibility index (Phi) is 5.39. The maximum absolute atomic E-state index is 12.5. The van der Waals surface area contributed by atoms with E-state index in [0.717, 1.165) is 16.3 Å². The lowest BCUT2D eigenvalue weighted by Crippen LogP contribution is -2.36. The fourth-order valence-electron chi connectivity index (χ4n) is 3.79. The number of aryl methyl sites for hydroxylation is 1. The lowest BCUT2D eigenvalue weighted by atomic mass is 9.91. The van der Waals surface area contributed by atoms with Crippen LogP contribution >= 0.6 is 11.3 Å². The first-order valence-corrected chi connectivity index (χ1v) is 11.3. The van der Waals surface area contributed by atoms with Gasteiger partial charge in [-0.15, -0.1) is 11.3 Å². The predicted octanol–water partition coefficient (Wildman–Crippen LogP) is 3.23. The maximum atomic E-state index is 12.5. The molecule has 9 nitrogen and oxygen atoms in total. The summed E-state index contributed by atoms with van der Waals surface area (Å²) in [5.74, 6) is 1.49. The number of carbonyl (C=O) groups excluding carboxylic acids is 1. The number of benzene rings is 1. The number of oxazole rings is 1. The van der Waals surface area contributed by atoms with Gasteiger partial charge in [-0.05, 0) is 17.7 Å². The summed E-state index contributed by atoms with van der Waals surface area (Å²) in [5, 5.41) is 16.8. The Morgan fingerprint density at radius 3 is 2.88 bits per heavy atom. The van der Waals surface area contributed by atoms with Crippen LogP contribution in [-0.4, -0.2) is 49.4 Å². The molecule has 10 heteroatoms. The number of rotatable bonds is 6. The highest BCUT2D eigenvalue weighted by Crippen LogP contribution is 2.36. The van der Waals surface area contributed by atoms with Crippen molar-refractivity contribution in [2.24, 2.45) is 0 Å². The van der Waals surface area contributed by atoms with Crippen LogP contribution in [0.1, 0.15) is 23.6 Å². The van der Waals surface area contributed by atoms with E-state index in [-0.39, 0.29) is 5.91 Å². The minimum absolute atomic E-state index is 0.277. The third kappa shape index (κ3) is 4.10. The first kappa shape index (κ1) is 21.2. The van der Waals surface area contributed by atoms with Gasteiger partial charge < -0.3 is 19.7 Å². The van der Waals surface area contributed by atoms with Crippen LogP contribution in [0.5, 0.6) is 0 Å². The number of hydrogen-bond acceptors (Lipinski definition) is 9. The van der Waals surface area contributed by atoms with Crippen LogP contribution in [0.2, 0.25) is 0 Å². The Labute approximate surface area is 194 Å². The van der Waals surface area contributed by atoms with Crippen LogP contribution in [0.25, 0.3) is 22.0 Å². The van der Waals surface area contributed by atoms with Crippen LogP contribution in [0, 0.1) is 6.92 Å². The molecule has 4 aromatic rings. The second-order valence-corrected chi connectivity index (χ2v) is 8.78. The molecule has 0 unspecified atom stereocenters. The van der Waals surface area contributed by atoms with Crippen molar-refractivity contribution in [2.45, 2.75) is 25.5 Å². The van der Waals surface area contributed by atoms with E-state index in [2.05, 4.69) is 20.3 Å². The quantitative estimate of drug-likeness (QED) is 0.449. The summed E-state index contributed by atoms with van der Waals surface area (Å²) < 4.78 is 5.46. The molecule has 33 heavy (non-hydrogen) atoms. The van der Waals surface area contributed by atoms with Gasteiger partial charge in [0.25, 0.3) is 5.91 Å². The van der Waals surface area contributed by atoms with Crippen LogP contribution in [0.4, 0.5) is 5.95 Å². The summed E-state index contributed by atoms with van der Waals surface area (Å²) in [4.78, 5) is 31.6. The second kappa shape index (κ2) is 8.38.